The molecule has 1 aliphatic rings. The molecule has 174 valence electrons. The first-order valence-corrected chi connectivity index (χ1v) is 10.8. The van der Waals surface area contributed by atoms with Crippen LogP contribution in [0.4, 0.5) is 0 Å². The number of likely N-dealkylation sites (tertiary alicyclic amines) is 1. The molecule has 33 heavy (non-hydrogen) atoms. The van der Waals surface area contributed by atoms with Gasteiger partial charge in [-0.1, -0.05) is 24.8 Å². The molecule has 0 unspecified atom stereocenters. The molecule has 7 heteroatoms. The SMILES string of the molecule is C=CCOc1ccc(/C(O)=C2\C(=O)C(=O)N(CCCN(C)C)[C@@H]2c2ccc(OC)cc2)cc1. The van der Waals surface area contributed by atoms with Crippen LogP contribution < -0.4 is 9.47 Å². The van der Waals surface area contributed by atoms with Gasteiger partial charge in [-0.2, -0.15) is 0 Å². The topological polar surface area (TPSA) is 79.3 Å². The van der Waals surface area contributed by atoms with E-state index in [9.17, 15) is 14.7 Å². The first-order chi connectivity index (χ1) is 15.9. The van der Waals surface area contributed by atoms with Crippen LogP contribution >= 0.6 is 0 Å². The van der Waals surface area contributed by atoms with E-state index in [0.29, 0.717) is 36.6 Å². The molecule has 0 spiro atoms. The molecule has 1 amide bonds. The number of hydrogen-bond donors (Lipinski definition) is 1. The van der Waals surface area contributed by atoms with Crippen LogP contribution in [0.3, 0.4) is 0 Å². The molecular formula is C26H30N2O5. The second-order valence-corrected chi connectivity index (χ2v) is 8.05. The highest BCUT2D eigenvalue weighted by molar-refractivity contribution is 6.46. The number of Topliss-reactive ketones (excluding diaryl/α,β-unsaturated/α-hetero) is 1. The molecule has 1 heterocycles. The second-order valence-electron chi connectivity index (χ2n) is 8.05. The van der Waals surface area contributed by atoms with Gasteiger partial charge in [0, 0.05) is 12.1 Å². The zero-order valence-corrected chi connectivity index (χ0v) is 19.3. The number of ether oxygens (including phenoxy) is 2. The lowest BCUT2D eigenvalue weighted by atomic mass is 9.95. The standard InChI is InChI=1S/C26H30N2O5/c1-5-17-33-21-13-9-19(10-14-21)24(29)22-23(18-7-11-20(32-4)12-8-18)28(26(31)25(22)30)16-6-15-27(2)3/h5,7-14,23,29H,1,6,15-17H2,2-4H3/b24-22+/t23-/m1/s1. The summed E-state index contributed by atoms with van der Waals surface area (Å²) in [6.07, 6.45) is 2.34. The van der Waals surface area contributed by atoms with Crippen molar-refractivity contribution in [2.24, 2.45) is 0 Å². The van der Waals surface area contributed by atoms with Crippen LogP contribution in [0.5, 0.6) is 11.5 Å². The van der Waals surface area contributed by atoms with Gasteiger partial charge in [0.2, 0.25) is 0 Å². The Hall–Kier alpha value is -3.58. The minimum Gasteiger partial charge on any atom is -0.507 e. The highest BCUT2D eigenvalue weighted by Gasteiger charge is 2.45. The quantitative estimate of drug-likeness (QED) is 0.258. The molecule has 1 aliphatic heterocycles. The van der Waals surface area contributed by atoms with Crippen LogP contribution in [-0.4, -0.2) is 67.5 Å². The van der Waals surface area contributed by atoms with Gasteiger partial charge in [-0.25, -0.2) is 0 Å². The fraction of sp³-hybridized carbons (Fsp3) is 0.308. The molecule has 7 nitrogen and oxygen atoms in total. The van der Waals surface area contributed by atoms with Crippen molar-refractivity contribution in [3.63, 3.8) is 0 Å². The molecule has 2 aromatic rings. The van der Waals surface area contributed by atoms with Crippen LogP contribution in [-0.2, 0) is 9.59 Å². The van der Waals surface area contributed by atoms with Crippen molar-refractivity contribution < 1.29 is 24.2 Å². The van der Waals surface area contributed by atoms with E-state index in [2.05, 4.69) is 6.58 Å². The zero-order chi connectivity index (χ0) is 24.0. The molecule has 0 radical (unpaired) electrons. The third-order valence-electron chi connectivity index (χ3n) is 5.47. The number of rotatable bonds is 10. The Balaban J connectivity index is 2.02. The summed E-state index contributed by atoms with van der Waals surface area (Å²) < 4.78 is 10.7. The second kappa shape index (κ2) is 10.8. The van der Waals surface area contributed by atoms with Crippen LogP contribution in [0.25, 0.3) is 5.76 Å². The maximum absolute atomic E-state index is 13.1. The number of nitrogens with zero attached hydrogens (tertiary/aromatic N) is 2. The number of aliphatic hydroxyl groups excluding tert-OH is 1. The maximum atomic E-state index is 13.1. The number of carbonyl (C=O) groups is 2. The summed E-state index contributed by atoms with van der Waals surface area (Å²) >= 11 is 0. The first kappa shape index (κ1) is 24.1. The average molecular weight is 451 g/mol. The predicted octanol–water partition coefficient (Wildman–Crippen LogP) is 3.63. The molecule has 0 saturated carbocycles. The first-order valence-electron chi connectivity index (χ1n) is 10.8. The summed E-state index contributed by atoms with van der Waals surface area (Å²) in [5.74, 6) is -0.229. The van der Waals surface area contributed by atoms with Crippen LogP contribution in [0.15, 0.2) is 66.8 Å². The van der Waals surface area contributed by atoms with Crippen molar-refractivity contribution >= 4 is 17.4 Å². The van der Waals surface area contributed by atoms with Crippen LogP contribution in [0, 0.1) is 0 Å². The lowest BCUT2D eigenvalue weighted by Gasteiger charge is -2.26. The molecule has 0 aliphatic carbocycles. The van der Waals surface area contributed by atoms with Gasteiger partial charge in [0.1, 0.15) is 23.9 Å². The Kier molecular flexibility index (Phi) is 7.90. The van der Waals surface area contributed by atoms with Crippen LogP contribution in [0.2, 0.25) is 0 Å². The molecule has 1 atom stereocenters. The van der Waals surface area contributed by atoms with Crippen molar-refractivity contribution in [3.8, 4) is 11.5 Å². The fourth-order valence-corrected chi connectivity index (χ4v) is 3.82. The van der Waals surface area contributed by atoms with E-state index in [1.165, 1.54) is 0 Å². The van der Waals surface area contributed by atoms with Gasteiger partial charge in [0.25, 0.3) is 11.7 Å². The van der Waals surface area contributed by atoms with Crippen molar-refractivity contribution in [3.05, 3.63) is 77.9 Å². The van der Waals surface area contributed by atoms with Crippen molar-refractivity contribution in [1.82, 2.24) is 9.80 Å². The number of amides is 1. The number of ketones is 1. The Bertz CT molecular complexity index is 1030. The highest BCUT2D eigenvalue weighted by Crippen LogP contribution is 2.40. The monoisotopic (exact) mass is 450 g/mol. The van der Waals surface area contributed by atoms with Crippen molar-refractivity contribution in [2.45, 2.75) is 12.5 Å². The molecule has 0 bridgehead atoms. The number of hydrogen-bond acceptors (Lipinski definition) is 6. The summed E-state index contributed by atoms with van der Waals surface area (Å²) in [7, 11) is 5.49. The summed E-state index contributed by atoms with van der Waals surface area (Å²) in [6.45, 7) is 5.14. The van der Waals surface area contributed by atoms with E-state index in [0.717, 1.165) is 12.1 Å². The molecule has 1 fully saturated rings. The smallest absolute Gasteiger partial charge is 0.295 e. The van der Waals surface area contributed by atoms with Gasteiger partial charge in [-0.15, -0.1) is 0 Å². The number of methoxy groups -OCH3 is 1. The van der Waals surface area contributed by atoms with Gasteiger partial charge < -0.3 is 24.4 Å². The Morgan fingerprint density at radius 1 is 1.09 bits per heavy atom. The molecule has 3 rings (SSSR count). The van der Waals surface area contributed by atoms with E-state index in [-0.39, 0.29) is 11.3 Å². The number of aliphatic hydroxyl groups is 1. The van der Waals surface area contributed by atoms with Gasteiger partial charge in [-0.3, -0.25) is 9.59 Å². The third-order valence-corrected chi connectivity index (χ3v) is 5.47. The lowest BCUT2D eigenvalue weighted by molar-refractivity contribution is -0.139. The largest absolute Gasteiger partial charge is 0.507 e. The van der Waals surface area contributed by atoms with Gasteiger partial charge >= 0.3 is 0 Å². The summed E-state index contributed by atoms with van der Waals surface area (Å²) in [5.41, 5.74) is 1.24. The summed E-state index contributed by atoms with van der Waals surface area (Å²) in [4.78, 5) is 29.6. The van der Waals surface area contributed by atoms with E-state index >= 15 is 0 Å². The summed E-state index contributed by atoms with van der Waals surface area (Å²) in [5, 5.41) is 11.1. The van der Waals surface area contributed by atoms with Crippen LogP contribution in [0.1, 0.15) is 23.6 Å². The maximum Gasteiger partial charge on any atom is 0.295 e. The van der Waals surface area contributed by atoms with E-state index in [1.807, 2.05) is 31.1 Å². The minimum atomic E-state index is -0.690. The lowest BCUT2D eigenvalue weighted by Crippen LogP contribution is -2.32. The van der Waals surface area contributed by atoms with Gasteiger partial charge in [0.05, 0.1) is 18.7 Å². The average Bonchev–Trinajstić information content (AvgIpc) is 3.07. The minimum absolute atomic E-state index is 0.0785. The third kappa shape index (κ3) is 5.43. The van der Waals surface area contributed by atoms with Crippen molar-refractivity contribution in [2.75, 3.05) is 40.9 Å². The van der Waals surface area contributed by atoms with Crippen molar-refractivity contribution in [1.29, 1.82) is 0 Å². The zero-order valence-electron chi connectivity index (χ0n) is 19.3. The van der Waals surface area contributed by atoms with E-state index in [4.69, 9.17) is 9.47 Å². The van der Waals surface area contributed by atoms with Gasteiger partial charge in [-0.05, 0) is 69.0 Å². The molecule has 0 aromatic heterocycles. The Morgan fingerprint density at radius 2 is 1.73 bits per heavy atom. The number of carbonyl (C=O) groups excluding carboxylic acids is 2. The van der Waals surface area contributed by atoms with E-state index < -0.39 is 17.7 Å². The van der Waals surface area contributed by atoms with E-state index in [1.54, 1.807) is 54.5 Å². The molecule has 2 aromatic carbocycles. The molecule has 1 N–H and O–H groups in total. The molecule has 1 saturated heterocycles. The molecular weight excluding hydrogens is 420 g/mol. The normalized spacial score (nSPS) is 17.5. The Morgan fingerprint density at radius 3 is 2.30 bits per heavy atom. The predicted molar refractivity (Wildman–Crippen MR) is 127 cm³/mol. The summed E-state index contributed by atoms with van der Waals surface area (Å²) in [6, 6.07) is 13.2. The highest BCUT2D eigenvalue weighted by atomic mass is 16.5. The van der Waals surface area contributed by atoms with Gasteiger partial charge in [0.15, 0.2) is 0 Å². The number of benzene rings is 2. The fourth-order valence-electron chi connectivity index (χ4n) is 3.82. The Labute approximate surface area is 194 Å².